The van der Waals surface area contributed by atoms with Gasteiger partial charge in [0.2, 0.25) is 0 Å². The zero-order valence-electron chi connectivity index (χ0n) is 9.52. The van der Waals surface area contributed by atoms with Gasteiger partial charge in [-0.2, -0.15) is 11.8 Å². The molecular weight excluding hydrogens is 234 g/mol. The molecule has 2 fully saturated rings. The van der Waals surface area contributed by atoms with Crippen molar-refractivity contribution >= 4 is 23.1 Å². The van der Waals surface area contributed by atoms with E-state index in [9.17, 15) is 0 Å². The summed E-state index contributed by atoms with van der Waals surface area (Å²) >= 11 is 4.07. The molecular formula is C13H19NS2. The van der Waals surface area contributed by atoms with Crippen molar-refractivity contribution in [2.45, 2.75) is 37.0 Å². The minimum absolute atomic E-state index is 0.654. The first-order valence-electron chi connectivity index (χ1n) is 6.32. The molecule has 3 heteroatoms. The van der Waals surface area contributed by atoms with Crippen LogP contribution in [0.5, 0.6) is 0 Å². The van der Waals surface area contributed by atoms with E-state index < -0.39 is 0 Å². The monoisotopic (exact) mass is 253 g/mol. The Morgan fingerprint density at radius 1 is 1.38 bits per heavy atom. The van der Waals surface area contributed by atoms with Gasteiger partial charge in [-0.1, -0.05) is 6.07 Å². The maximum atomic E-state index is 3.82. The summed E-state index contributed by atoms with van der Waals surface area (Å²) in [5.41, 5.74) is 0. The average Bonchev–Trinajstić information content (AvgIpc) is 2.83. The molecule has 1 aliphatic carbocycles. The Morgan fingerprint density at radius 2 is 2.31 bits per heavy atom. The van der Waals surface area contributed by atoms with Gasteiger partial charge in [0, 0.05) is 22.7 Å². The number of hydrogen-bond acceptors (Lipinski definition) is 3. The minimum atomic E-state index is 0.654. The van der Waals surface area contributed by atoms with Gasteiger partial charge in [0.15, 0.2) is 0 Å². The average molecular weight is 253 g/mol. The highest BCUT2D eigenvalue weighted by molar-refractivity contribution is 8.00. The van der Waals surface area contributed by atoms with Crippen molar-refractivity contribution in [1.29, 1.82) is 0 Å². The van der Waals surface area contributed by atoms with E-state index in [2.05, 4.69) is 34.6 Å². The second-order valence-corrected chi connectivity index (χ2v) is 7.26. The normalized spacial score (nSPS) is 27.1. The fourth-order valence-electron chi connectivity index (χ4n) is 2.46. The molecule has 0 amide bonds. The Kier molecular flexibility index (Phi) is 3.55. The predicted octanol–water partition coefficient (Wildman–Crippen LogP) is 3.68. The summed E-state index contributed by atoms with van der Waals surface area (Å²) in [6, 6.07) is 5.13. The van der Waals surface area contributed by atoms with Gasteiger partial charge in [0.25, 0.3) is 0 Å². The molecule has 2 atom stereocenters. The summed E-state index contributed by atoms with van der Waals surface area (Å²) < 4.78 is 0. The van der Waals surface area contributed by atoms with Crippen molar-refractivity contribution < 1.29 is 0 Å². The zero-order chi connectivity index (χ0) is 10.8. The van der Waals surface area contributed by atoms with Crippen molar-refractivity contribution in [2.24, 2.45) is 5.92 Å². The summed E-state index contributed by atoms with van der Waals surface area (Å²) in [7, 11) is 0. The minimum Gasteiger partial charge on any atom is -0.308 e. The Hall–Kier alpha value is 0.01000. The van der Waals surface area contributed by atoms with Crippen LogP contribution in [0.3, 0.4) is 0 Å². The molecule has 0 bridgehead atoms. The maximum absolute atomic E-state index is 3.82. The first kappa shape index (κ1) is 11.1. The third-order valence-corrected chi connectivity index (χ3v) is 5.89. The van der Waals surface area contributed by atoms with E-state index in [4.69, 9.17) is 0 Å². The van der Waals surface area contributed by atoms with Crippen LogP contribution in [-0.4, -0.2) is 17.5 Å². The molecule has 88 valence electrons. The largest absolute Gasteiger partial charge is 0.308 e. The third-order valence-electron chi connectivity index (χ3n) is 3.53. The van der Waals surface area contributed by atoms with Crippen molar-refractivity contribution in [2.75, 3.05) is 12.3 Å². The van der Waals surface area contributed by atoms with Crippen molar-refractivity contribution in [3.63, 3.8) is 0 Å². The summed E-state index contributed by atoms with van der Waals surface area (Å²) in [5, 5.41) is 6.90. The molecule has 1 aromatic rings. The third kappa shape index (κ3) is 2.63. The van der Waals surface area contributed by atoms with E-state index in [0.717, 1.165) is 11.2 Å². The Labute approximate surface area is 106 Å². The molecule has 2 aliphatic rings. The summed E-state index contributed by atoms with van der Waals surface area (Å²) in [6.07, 6.45) is 5.68. The van der Waals surface area contributed by atoms with E-state index in [1.54, 1.807) is 4.88 Å². The molecule has 1 saturated heterocycles. The summed E-state index contributed by atoms with van der Waals surface area (Å²) in [4.78, 5) is 1.55. The fraction of sp³-hybridized carbons (Fsp3) is 0.692. The highest BCUT2D eigenvalue weighted by atomic mass is 32.2. The van der Waals surface area contributed by atoms with Crippen molar-refractivity contribution in [1.82, 2.24) is 5.32 Å². The van der Waals surface area contributed by atoms with Gasteiger partial charge >= 0.3 is 0 Å². The summed E-state index contributed by atoms with van der Waals surface area (Å²) in [6.45, 7) is 1.21. The van der Waals surface area contributed by atoms with E-state index >= 15 is 0 Å². The number of thioether (sulfide) groups is 1. The lowest BCUT2D eigenvalue weighted by Gasteiger charge is -2.19. The molecule has 1 aromatic heterocycles. The maximum Gasteiger partial charge on any atom is 0.0443 e. The van der Waals surface area contributed by atoms with Crippen molar-refractivity contribution in [3.8, 4) is 0 Å². The standard InChI is InChI=1S/C13H19NS2/c1-3-11(15-7-1)9-14-13(10-5-6-10)12-4-2-8-16-12/h2,4,8,10-11,13-14H,1,3,5-7,9H2. The Bertz CT molecular complexity index is 313. The predicted molar refractivity (Wildman–Crippen MR) is 73.3 cm³/mol. The quantitative estimate of drug-likeness (QED) is 0.859. The first-order valence-corrected chi connectivity index (χ1v) is 8.25. The lowest BCUT2D eigenvalue weighted by atomic mass is 10.1. The van der Waals surface area contributed by atoms with Crippen LogP contribution in [0.1, 0.15) is 36.6 Å². The second kappa shape index (κ2) is 5.11. The molecule has 0 spiro atoms. The zero-order valence-corrected chi connectivity index (χ0v) is 11.2. The number of rotatable bonds is 5. The van der Waals surface area contributed by atoms with E-state index in [0.29, 0.717) is 6.04 Å². The Morgan fingerprint density at radius 3 is 2.94 bits per heavy atom. The van der Waals surface area contributed by atoms with Gasteiger partial charge in [0.05, 0.1) is 0 Å². The fourth-order valence-corrected chi connectivity index (χ4v) is 4.57. The second-order valence-electron chi connectivity index (χ2n) is 4.87. The van der Waals surface area contributed by atoms with Gasteiger partial charge < -0.3 is 5.32 Å². The lowest BCUT2D eigenvalue weighted by Crippen LogP contribution is -2.28. The van der Waals surface area contributed by atoms with Gasteiger partial charge in [-0.05, 0) is 48.8 Å². The van der Waals surface area contributed by atoms with Crippen LogP contribution in [0.4, 0.5) is 0 Å². The number of thiophene rings is 1. The lowest BCUT2D eigenvalue weighted by molar-refractivity contribution is 0.483. The molecule has 0 aromatic carbocycles. The van der Waals surface area contributed by atoms with E-state index in [-0.39, 0.29) is 0 Å². The highest BCUT2D eigenvalue weighted by Gasteiger charge is 2.33. The number of nitrogens with one attached hydrogen (secondary N) is 1. The van der Waals surface area contributed by atoms with Gasteiger partial charge in [0.1, 0.15) is 0 Å². The summed E-state index contributed by atoms with van der Waals surface area (Å²) in [5.74, 6) is 2.30. The van der Waals surface area contributed by atoms with Crippen LogP contribution >= 0.6 is 23.1 Å². The van der Waals surface area contributed by atoms with Crippen LogP contribution < -0.4 is 5.32 Å². The molecule has 1 saturated carbocycles. The highest BCUT2D eigenvalue weighted by Crippen LogP contribution is 2.42. The van der Waals surface area contributed by atoms with Gasteiger partial charge in [-0.3, -0.25) is 0 Å². The van der Waals surface area contributed by atoms with Crippen molar-refractivity contribution in [3.05, 3.63) is 22.4 Å². The molecule has 2 heterocycles. The molecule has 0 radical (unpaired) electrons. The van der Waals surface area contributed by atoms with Crippen LogP contribution in [0.2, 0.25) is 0 Å². The number of hydrogen-bond donors (Lipinski definition) is 1. The SMILES string of the molecule is c1csc(C(NCC2CCCS2)C2CC2)c1. The first-order chi connectivity index (χ1) is 7.93. The van der Waals surface area contributed by atoms with E-state index in [1.807, 2.05) is 11.3 Å². The van der Waals surface area contributed by atoms with Crippen LogP contribution in [0.25, 0.3) is 0 Å². The molecule has 16 heavy (non-hydrogen) atoms. The van der Waals surface area contributed by atoms with Crippen LogP contribution in [0.15, 0.2) is 17.5 Å². The Balaban J connectivity index is 1.57. The van der Waals surface area contributed by atoms with E-state index in [1.165, 1.54) is 38.0 Å². The molecule has 1 N–H and O–H groups in total. The topological polar surface area (TPSA) is 12.0 Å². The van der Waals surface area contributed by atoms with Crippen LogP contribution in [0, 0.1) is 5.92 Å². The molecule has 1 nitrogen and oxygen atoms in total. The smallest absolute Gasteiger partial charge is 0.0443 e. The van der Waals surface area contributed by atoms with Gasteiger partial charge in [-0.25, -0.2) is 0 Å². The molecule has 1 aliphatic heterocycles. The molecule has 2 unspecified atom stereocenters. The van der Waals surface area contributed by atoms with Gasteiger partial charge in [-0.15, -0.1) is 11.3 Å². The molecule has 3 rings (SSSR count). The van der Waals surface area contributed by atoms with Crippen LogP contribution in [-0.2, 0) is 0 Å².